The van der Waals surface area contributed by atoms with Gasteiger partial charge < -0.3 is 10.0 Å². The summed E-state index contributed by atoms with van der Waals surface area (Å²) < 4.78 is 22.2. The number of hydrogen-bond acceptors (Lipinski definition) is 4. The molecule has 0 unspecified atom stereocenters. The molecule has 0 bridgehead atoms. The topological polar surface area (TPSA) is 91.8 Å². The summed E-state index contributed by atoms with van der Waals surface area (Å²) in [5.74, 6) is -2.45. The van der Waals surface area contributed by atoms with Crippen LogP contribution in [0.3, 0.4) is 0 Å². The summed E-state index contributed by atoms with van der Waals surface area (Å²) in [4.78, 5) is 23.8. The van der Waals surface area contributed by atoms with Crippen LogP contribution in [0.2, 0.25) is 0 Å². The first-order valence-electron chi connectivity index (χ1n) is 5.30. The molecule has 0 aromatic heterocycles. The van der Waals surface area contributed by atoms with E-state index in [4.69, 9.17) is 5.11 Å². The molecule has 6 nitrogen and oxygen atoms in total. The van der Waals surface area contributed by atoms with E-state index in [2.05, 4.69) is 0 Å². The molecule has 7 heteroatoms. The highest BCUT2D eigenvalue weighted by molar-refractivity contribution is 7.90. The Labute approximate surface area is 101 Å². The average molecular weight is 263 g/mol. The van der Waals surface area contributed by atoms with Crippen LogP contribution >= 0.6 is 0 Å². The minimum absolute atomic E-state index is 0.111. The van der Waals surface area contributed by atoms with Crippen molar-refractivity contribution in [2.45, 2.75) is 19.4 Å². The Balaban J connectivity index is 2.56. The van der Waals surface area contributed by atoms with E-state index in [1.807, 2.05) is 0 Å². The monoisotopic (exact) mass is 263 g/mol. The summed E-state index contributed by atoms with van der Waals surface area (Å²) in [6.45, 7) is 1.64. The fourth-order valence-corrected chi connectivity index (χ4v) is 2.87. The second-order valence-corrected chi connectivity index (χ2v) is 6.86. The maximum Gasteiger partial charge on any atom is 0.307 e. The van der Waals surface area contributed by atoms with Gasteiger partial charge in [-0.25, -0.2) is 8.42 Å². The molecular formula is C10H17NO5S. The molecule has 3 atom stereocenters. The third-order valence-electron chi connectivity index (χ3n) is 2.98. The van der Waals surface area contributed by atoms with E-state index in [1.165, 1.54) is 11.9 Å². The Morgan fingerprint density at radius 1 is 1.41 bits per heavy atom. The number of carboxylic acid groups (broad SMARTS) is 1. The Morgan fingerprint density at radius 2 is 1.94 bits per heavy atom. The molecule has 0 aromatic rings. The average Bonchev–Trinajstić information content (AvgIpc) is 2.91. The molecule has 1 saturated carbocycles. The van der Waals surface area contributed by atoms with Crippen LogP contribution < -0.4 is 0 Å². The van der Waals surface area contributed by atoms with Gasteiger partial charge in [-0.15, -0.1) is 0 Å². The van der Waals surface area contributed by atoms with Gasteiger partial charge in [0.15, 0.2) is 0 Å². The Bertz CT molecular complexity index is 430. The zero-order valence-corrected chi connectivity index (χ0v) is 10.9. The largest absolute Gasteiger partial charge is 0.481 e. The molecule has 17 heavy (non-hydrogen) atoms. The summed E-state index contributed by atoms with van der Waals surface area (Å²) in [7, 11) is -1.64. The first-order chi connectivity index (χ1) is 7.63. The van der Waals surface area contributed by atoms with Crippen LogP contribution in [-0.4, -0.2) is 55.4 Å². The maximum atomic E-state index is 11.8. The normalized spacial score (nSPS) is 25.1. The summed E-state index contributed by atoms with van der Waals surface area (Å²) in [6.07, 6.45) is 1.46. The van der Waals surface area contributed by atoms with Crippen LogP contribution in [-0.2, 0) is 19.4 Å². The lowest BCUT2D eigenvalue weighted by atomic mass is 10.2. The summed E-state index contributed by atoms with van der Waals surface area (Å²) >= 11 is 0. The van der Waals surface area contributed by atoms with Gasteiger partial charge in [-0.1, -0.05) is 0 Å². The van der Waals surface area contributed by atoms with E-state index in [9.17, 15) is 18.0 Å². The van der Waals surface area contributed by atoms with Gasteiger partial charge in [0.2, 0.25) is 5.91 Å². The van der Waals surface area contributed by atoms with E-state index < -0.39 is 33.7 Å². The number of rotatable bonds is 5. The van der Waals surface area contributed by atoms with Crippen molar-refractivity contribution in [3.05, 3.63) is 0 Å². The molecule has 0 heterocycles. The number of nitrogens with zero attached hydrogens (tertiary/aromatic N) is 1. The standard InChI is InChI=1S/C10H17NO5S/c1-6(5-17(3,15)16)11(2)9(12)7-4-8(7)10(13)14/h6-8H,4-5H2,1-3H3,(H,13,14)/t6-,7-,8+/m1/s1. The highest BCUT2D eigenvalue weighted by Gasteiger charge is 2.49. The van der Waals surface area contributed by atoms with Crippen molar-refractivity contribution in [1.29, 1.82) is 0 Å². The van der Waals surface area contributed by atoms with Crippen molar-refractivity contribution in [3.8, 4) is 0 Å². The molecule has 0 aromatic carbocycles. The number of sulfone groups is 1. The minimum Gasteiger partial charge on any atom is -0.481 e. The molecular weight excluding hydrogens is 246 g/mol. The van der Waals surface area contributed by atoms with Gasteiger partial charge in [-0.3, -0.25) is 9.59 Å². The third-order valence-corrected chi connectivity index (χ3v) is 4.07. The lowest BCUT2D eigenvalue weighted by molar-refractivity contribution is -0.142. The number of carbonyl (C=O) groups is 2. The van der Waals surface area contributed by atoms with Gasteiger partial charge in [-0.2, -0.15) is 0 Å². The maximum absolute atomic E-state index is 11.8. The van der Waals surface area contributed by atoms with Gasteiger partial charge in [0.25, 0.3) is 0 Å². The Hall–Kier alpha value is -1.11. The van der Waals surface area contributed by atoms with Crippen LogP contribution in [0.25, 0.3) is 0 Å². The predicted octanol–water partition coefficient (Wildman–Crippen LogP) is -0.401. The van der Waals surface area contributed by atoms with E-state index in [-0.39, 0.29) is 11.7 Å². The molecule has 1 fully saturated rings. The fraction of sp³-hybridized carbons (Fsp3) is 0.800. The second-order valence-electron chi connectivity index (χ2n) is 4.68. The first-order valence-corrected chi connectivity index (χ1v) is 7.36. The Morgan fingerprint density at radius 3 is 2.29 bits per heavy atom. The number of carbonyl (C=O) groups excluding carboxylic acids is 1. The van der Waals surface area contributed by atoms with Crippen molar-refractivity contribution in [1.82, 2.24) is 4.90 Å². The molecule has 0 saturated heterocycles. The zero-order chi connectivity index (χ0) is 13.4. The highest BCUT2D eigenvalue weighted by Crippen LogP contribution is 2.40. The van der Waals surface area contributed by atoms with Crippen molar-refractivity contribution in [3.63, 3.8) is 0 Å². The predicted molar refractivity (Wildman–Crippen MR) is 61.2 cm³/mol. The molecule has 1 aliphatic rings. The summed E-state index contributed by atoms with van der Waals surface area (Å²) in [5.41, 5.74) is 0. The highest BCUT2D eigenvalue weighted by atomic mass is 32.2. The van der Waals surface area contributed by atoms with Crippen molar-refractivity contribution >= 4 is 21.7 Å². The summed E-state index contributed by atoms with van der Waals surface area (Å²) in [5, 5.41) is 8.71. The number of amides is 1. The van der Waals surface area contributed by atoms with Gasteiger partial charge in [0.05, 0.1) is 17.6 Å². The second kappa shape index (κ2) is 4.64. The van der Waals surface area contributed by atoms with Crippen LogP contribution in [0, 0.1) is 11.8 Å². The molecule has 1 aliphatic carbocycles. The summed E-state index contributed by atoms with van der Waals surface area (Å²) in [6, 6.07) is -0.437. The Kier molecular flexibility index (Phi) is 3.81. The van der Waals surface area contributed by atoms with E-state index in [1.54, 1.807) is 6.92 Å². The third kappa shape index (κ3) is 3.69. The SMILES string of the molecule is C[C@H](CS(C)(=O)=O)N(C)C(=O)[C@@H]1C[C@@H]1C(=O)O. The zero-order valence-electron chi connectivity index (χ0n) is 10.1. The van der Waals surface area contributed by atoms with Gasteiger partial charge in [-0.05, 0) is 13.3 Å². The number of carboxylic acids is 1. The quantitative estimate of drug-likeness (QED) is 0.728. The van der Waals surface area contributed by atoms with Crippen molar-refractivity contribution in [2.75, 3.05) is 19.1 Å². The molecule has 1 amide bonds. The fourth-order valence-electron chi connectivity index (χ4n) is 1.77. The van der Waals surface area contributed by atoms with E-state index >= 15 is 0 Å². The minimum atomic E-state index is -3.15. The first kappa shape index (κ1) is 14.0. The lowest BCUT2D eigenvalue weighted by Gasteiger charge is -2.24. The molecule has 98 valence electrons. The lowest BCUT2D eigenvalue weighted by Crippen LogP contribution is -2.40. The number of aliphatic carboxylic acids is 1. The van der Waals surface area contributed by atoms with Crippen molar-refractivity contribution < 1.29 is 23.1 Å². The smallest absolute Gasteiger partial charge is 0.307 e. The van der Waals surface area contributed by atoms with E-state index in [0.29, 0.717) is 6.42 Å². The van der Waals surface area contributed by atoms with Crippen LogP contribution in [0.4, 0.5) is 0 Å². The van der Waals surface area contributed by atoms with Crippen LogP contribution in [0.15, 0.2) is 0 Å². The van der Waals surface area contributed by atoms with E-state index in [0.717, 1.165) is 6.26 Å². The molecule has 1 rings (SSSR count). The molecule has 1 N–H and O–H groups in total. The van der Waals surface area contributed by atoms with Crippen LogP contribution in [0.5, 0.6) is 0 Å². The van der Waals surface area contributed by atoms with Crippen LogP contribution in [0.1, 0.15) is 13.3 Å². The molecule has 0 spiro atoms. The number of hydrogen-bond donors (Lipinski definition) is 1. The van der Waals surface area contributed by atoms with Gasteiger partial charge in [0.1, 0.15) is 9.84 Å². The van der Waals surface area contributed by atoms with Crippen molar-refractivity contribution in [2.24, 2.45) is 11.8 Å². The van der Waals surface area contributed by atoms with Gasteiger partial charge in [0, 0.05) is 19.3 Å². The molecule has 0 radical (unpaired) electrons. The van der Waals surface area contributed by atoms with Gasteiger partial charge >= 0.3 is 5.97 Å². The molecule has 0 aliphatic heterocycles.